The van der Waals surface area contributed by atoms with Gasteiger partial charge in [-0.15, -0.1) is 11.8 Å². The molecule has 0 spiro atoms. The molecule has 6 aliphatic heterocycles. The van der Waals surface area contributed by atoms with Crippen LogP contribution in [-0.4, -0.2) is 106 Å². The zero-order chi connectivity index (χ0) is 41.1. The van der Waals surface area contributed by atoms with E-state index in [4.69, 9.17) is 68.0 Å². The highest BCUT2D eigenvalue weighted by Crippen LogP contribution is 2.64. The number of aromatic hydroxyl groups is 1. The van der Waals surface area contributed by atoms with Crippen molar-refractivity contribution in [3.05, 3.63) is 52.1 Å². The maximum absolute atomic E-state index is 14.4. The average molecular weight is 868 g/mol. The number of nitrogens with zero attached hydrogens (tertiary/aromatic N) is 3. The number of methoxy groups -OCH3 is 1. The highest BCUT2D eigenvalue weighted by molar-refractivity contribution is 7.99. The molecule has 0 aromatic heterocycles. The summed E-state index contributed by atoms with van der Waals surface area (Å²) in [5.74, 6) is -0.929. The molecule has 0 saturated carbocycles. The van der Waals surface area contributed by atoms with E-state index in [9.17, 15) is 29.5 Å². The molecule has 57 heavy (non-hydrogen) atoms. The molecule has 20 heteroatoms. The molecule has 0 aliphatic carbocycles. The second kappa shape index (κ2) is 15.7. The van der Waals surface area contributed by atoms with E-state index in [0.29, 0.717) is 44.9 Å². The van der Waals surface area contributed by atoms with Crippen LogP contribution >= 0.6 is 46.6 Å². The first-order valence-corrected chi connectivity index (χ1v) is 19.8. The first kappa shape index (κ1) is 40.7. The molecule has 2 N–H and O–H groups in total. The number of esters is 2. The first-order chi connectivity index (χ1) is 27.1. The fourth-order valence-corrected chi connectivity index (χ4v) is 10.3. The molecule has 4 bridgehead atoms. The van der Waals surface area contributed by atoms with Gasteiger partial charge >= 0.3 is 24.1 Å². The van der Waals surface area contributed by atoms with E-state index < -0.39 is 82.6 Å². The summed E-state index contributed by atoms with van der Waals surface area (Å²) in [5.41, 5.74) is 2.87. The number of nitriles is 1. The Morgan fingerprint density at radius 2 is 1.88 bits per heavy atom. The van der Waals surface area contributed by atoms with Crippen molar-refractivity contribution in [3.63, 3.8) is 0 Å². The van der Waals surface area contributed by atoms with E-state index in [0.717, 1.165) is 11.8 Å². The highest BCUT2D eigenvalue weighted by atomic mass is 35.6. The summed E-state index contributed by atoms with van der Waals surface area (Å²) in [7, 11) is 1.40. The second-order valence-corrected chi connectivity index (χ2v) is 17.6. The summed E-state index contributed by atoms with van der Waals surface area (Å²) in [4.78, 5) is 57.1. The summed E-state index contributed by atoms with van der Waals surface area (Å²) in [6.45, 7) is 6.92. The molecule has 16 nitrogen and oxygen atoms in total. The highest BCUT2D eigenvalue weighted by Gasteiger charge is 2.63. The number of alkyl halides is 3. The van der Waals surface area contributed by atoms with E-state index in [1.54, 1.807) is 13.8 Å². The molecular weight excluding hydrogens is 831 g/mol. The molecule has 2 aromatic rings. The number of phenols is 1. The van der Waals surface area contributed by atoms with E-state index in [1.165, 1.54) is 25.0 Å². The van der Waals surface area contributed by atoms with Crippen molar-refractivity contribution in [2.45, 2.75) is 72.5 Å². The number of benzene rings is 2. The first-order valence-electron chi connectivity index (χ1n) is 17.7. The molecule has 6 aliphatic rings. The van der Waals surface area contributed by atoms with Gasteiger partial charge in [0, 0.05) is 34.9 Å². The number of alkyl carbamates (subject to hydrolysis) is 1. The number of piperazine rings is 1. The predicted octanol–water partition coefficient (Wildman–Crippen LogP) is 5.39. The SMILES string of the molecule is C=CCOC(=O)N[C@H]1CS[C@@H]2c3c(OC(C)=O)c(C)c4c(c3[C@H](COC1=O)N1[C@@H]2[C@H]2c3c(cc(C)c(OC)c3O)C[C@@H]([C@@H]1C#N)N2C(=O)OCC(Cl)(Cl)Cl)OCO4. The van der Waals surface area contributed by atoms with Crippen molar-refractivity contribution < 1.29 is 57.4 Å². The summed E-state index contributed by atoms with van der Waals surface area (Å²) in [6.07, 6.45) is -0.386. The van der Waals surface area contributed by atoms with Crippen LogP contribution in [0.4, 0.5) is 9.59 Å². The lowest BCUT2D eigenvalue weighted by molar-refractivity contribution is -0.151. The number of amides is 2. The monoisotopic (exact) mass is 866 g/mol. The van der Waals surface area contributed by atoms with Crippen molar-refractivity contribution in [3.8, 4) is 34.8 Å². The lowest BCUT2D eigenvalue weighted by atomic mass is 9.71. The van der Waals surface area contributed by atoms with Crippen molar-refractivity contribution in [2.75, 3.05) is 39.5 Å². The van der Waals surface area contributed by atoms with Crippen molar-refractivity contribution in [1.29, 1.82) is 5.26 Å². The van der Waals surface area contributed by atoms with Crippen LogP contribution in [0.5, 0.6) is 28.7 Å². The fourth-order valence-electron chi connectivity index (χ4n) is 8.60. The van der Waals surface area contributed by atoms with Crippen LogP contribution in [0.1, 0.15) is 57.6 Å². The Bertz CT molecular complexity index is 2090. The Morgan fingerprint density at radius 1 is 1.14 bits per heavy atom. The van der Waals surface area contributed by atoms with Gasteiger partial charge in [0.1, 0.15) is 37.7 Å². The number of hydrogen-bond acceptors (Lipinski definition) is 15. The standard InChI is InChI=1S/C37H37Cl3N4O12S/c1-6-7-51-35(48)42-19-12-57-33-25-24(32-31(54-14-55-32)16(3)30(25)56-17(4)45)22(11-52-34(19)47)43-21(10-41)20-9-18-8-15(2)29(50-5)28(46)23(18)26(27(33)43)44(20)36(49)53-13-37(38,39)40/h6,8,19-22,26-27,33,46H,1,7,9,11-14H2,2-5H3,(H,42,48)/t19-,20-,21-,22-,26+,27+,33+/m0/s1. The maximum atomic E-state index is 14.4. The number of aryl methyl sites for hydroxylation is 1. The number of carbonyl (C=O) groups excluding carboxylic acids is 4. The summed E-state index contributed by atoms with van der Waals surface area (Å²) in [5, 5.41) is 24.9. The van der Waals surface area contributed by atoms with E-state index in [1.807, 2.05) is 11.0 Å². The second-order valence-electron chi connectivity index (χ2n) is 13.9. The molecule has 2 amide bonds. The molecular formula is C37H37Cl3N4O12S. The summed E-state index contributed by atoms with van der Waals surface area (Å²) in [6, 6.07) is -2.16. The van der Waals surface area contributed by atoms with Gasteiger partial charge in [-0.3, -0.25) is 14.6 Å². The van der Waals surface area contributed by atoms with Gasteiger partial charge in [-0.1, -0.05) is 53.5 Å². The van der Waals surface area contributed by atoms with Gasteiger partial charge < -0.3 is 43.6 Å². The maximum Gasteiger partial charge on any atom is 0.410 e. The third-order valence-electron chi connectivity index (χ3n) is 10.5. The largest absolute Gasteiger partial charge is 0.504 e. The average Bonchev–Trinajstić information content (AvgIpc) is 3.65. The molecule has 6 heterocycles. The zero-order valence-corrected chi connectivity index (χ0v) is 34.1. The Labute approximate surface area is 346 Å². The number of carbonyl (C=O) groups is 4. The van der Waals surface area contributed by atoms with E-state index in [-0.39, 0.29) is 42.8 Å². The molecule has 0 radical (unpaired) electrons. The van der Waals surface area contributed by atoms with E-state index >= 15 is 0 Å². The number of phenolic OH excluding ortho intramolecular Hbond substituents is 1. The van der Waals surface area contributed by atoms with Crippen molar-refractivity contribution >= 4 is 70.7 Å². The number of nitrogens with one attached hydrogen (secondary N) is 1. The molecule has 2 saturated heterocycles. The Kier molecular flexibility index (Phi) is 11.2. The van der Waals surface area contributed by atoms with Crippen molar-refractivity contribution in [2.24, 2.45) is 0 Å². The summed E-state index contributed by atoms with van der Waals surface area (Å²) < 4.78 is 38.3. The van der Waals surface area contributed by atoms with Crippen LogP contribution in [-0.2, 0) is 30.2 Å². The minimum atomic E-state index is -1.98. The number of fused-ring (bicyclic) bond motifs is 10. The molecule has 2 fully saturated rings. The lowest BCUT2D eigenvalue weighted by Crippen LogP contribution is -2.71. The van der Waals surface area contributed by atoms with Gasteiger partial charge in [-0.2, -0.15) is 5.26 Å². The van der Waals surface area contributed by atoms with E-state index in [2.05, 4.69) is 18.0 Å². The van der Waals surface area contributed by atoms with Crippen LogP contribution in [0.2, 0.25) is 0 Å². The van der Waals surface area contributed by atoms with Crippen LogP contribution in [0, 0.1) is 25.2 Å². The van der Waals surface area contributed by atoms with Crippen LogP contribution in [0.15, 0.2) is 18.7 Å². The third kappa shape index (κ3) is 7.09. The molecule has 2 aromatic carbocycles. The minimum Gasteiger partial charge on any atom is -0.504 e. The van der Waals surface area contributed by atoms with Gasteiger partial charge in [-0.05, 0) is 31.4 Å². The van der Waals surface area contributed by atoms with Crippen molar-refractivity contribution in [1.82, 2.24) is 15.1 Å². The van der Waals surface area contributed by atoms with Gasteiger partial charge in [0.25, 0.3) is 0 Å². The van der Waals surface area contributed by atoms with Gasteiger partial charge in [-0.25, -0.2) is 14.4 Å². The van der Waals surface area contributed by atoms with Crippen LogP contribution in [0.25, 0.3) is 0 Å². The summed E-state index contributed by atoms with van der Waals surface area (Å²) >= 11 is 19.2. The number of rotatable bonds is 6. The normalized spacial score (nSPS) is 25.8. The lowest BCUT2D eigenvalue weighted by Gasteiger charge is -2.61. The van der Waals surface area contributed by atoms with Gasteiger partial charge in [0.2, 0.25) is 10.6 Å². The number of ether oxygens (including phenoxy) is 7. The molecule has 304 valence electrons. The fraction of sp³-hybridized carbons (Fsp3) is 0.486. The molecule has 8 rings (SSSR count). The Morgan fingerprint density at radius 3 is 2.54 bits per heavy atom. The molecule has 7 atom stereocenters. The number of hydrogen-bond donors (Lipinski definition) is 2. The molecule has 0 unspecified atom stereocenters. The topological polar surface area (TPSA) is 195 Å². The Hall–Kier alpha value is -4.47. The Balaban J connectivity index is 1.52. The minimum absolute atomic E-state index is 0.0782. The van der Waals surface area contributed by atoms with Crippen LogP contribution in [0.3, 0.4) is 0 Å². The van der Waals surface area contributed by atoms with Crippen LogP contribution < -0.4 is 24.3 Å². The number of halogens is 3. The van der Waals surface area contributed by atoms with Gasteiger partial charge in [0.05, 0.1) is 42.6 Å². The smallest absolute Gasteiger partial charge is 0.410 e. The number of thioether (sulfide) groups is 1. The van der Waals surface area contributed by atoms with Gasteiger partial charge in [0.15, 0.2) is 23.0 Å². The zero-order valence-electron chi connectivity index (χ0n) is 31.0. The quantitative estimate of drug-likeness (QED) is 0.123. The predicted molar refractivity (Wildman–Crippen MR) is 204 cm³/mol. The third-order valence-corrected chi connectivity index (χ3v) is 12.3.